The summed E-state index contributed by atoms with van der Waals surface area (Å²) in [4.78, 5) is 11.1. The molecule has 2 nitrogen and oxygen atoms in total. The van der Waals surface area contributed by atoms with Gasteiger partial charge in [0.15, 0.2) is 0 Å². The van der Waals surface area contributed by atoms with Crippen molar-refractivity contribution in [2.24, 2.45) is 0 Å². The molecule has 0 spiro atoms. The van der Waals surface area contributed by atoms with Crippen LogP contribution in [0.2, 0.25) is 19.6 Å². The quantitative estimate of drug-likeness (QED) is 0.465. The van der Waals surface area contributed by atoms with E-state index in [1.54, 1.807) is 13.0 Å². The van der Waals surface area contributed by atoms with Crippen LogP contribution >= 0.6 is 0 Å². The van der Waals surface area contributed by atoms with Crippen LogP contribution in [0, 0.1) is 0 Å². The zero-order valence-electron chi connectivity index (χ0n) is 11.0. The Labute approximate surface area is 104 Å². The maximum atomic E-state index is 11.1. The van der Waals surface area contributed by atoms with Crippen LogP contribution in [-0.4, -0.2) is 20.7 Å². The van der Waals surface area contributed by atoms with Gasteiger partial charge >= 0.3 is 5.97 Å². The number of esters is 1. The van der Waals surface area contributed by atoms with Crippen LogP contribution in [0.25, 0.3) is 6.08 Å². The van der Waals surface area contributed by atoms with Crippen molar-refractivity contribution in [2.45, 2.75) is 26.6 Å². The predicted molar refractivity (Wildman–Crippen MR) is 75.1 cm³/mol. The Kier molecular flexibility index (Phi) is 4.69. The first-order chi connectivity index (χ1) is 7.93. The largest absolute Gasteiger partial charge is 0.463 e. The van der Waals surface area contributed by atoms with E-state index in [-0.39, 0.29) is 5.97 Å². The van der Waals surface area contributed by atoms with Crippen molar-refractivity contribution in [1.29, 1.82) is 0 Å². The molecule has 0 N–H and O–H groups in total. The van der Waals surface area contributed by atoms with Gasteiger partial charge in [0.25, 0.3) is 0 Å². The number of hydrogen-bond donors (Lipinski definition) is 0. The van der Waals surface area contributed by atoms with E-state index < -0.39 is 8.07 Å². The fourth-order valence-electron chi connectivity index (χ4n) is 1.45. The van der Waals surface area contributed by atoms with E-state index >= 15 is 0 Å². The van der Waals surface area contributed by atoms with Crippen molar-refractivity contribution in [3.05, 3.63) is 35.9 Å². The number of benzene rings is 1. The van der Waals surface area contributed by atoms with Crippen LogP contribution in [0.1, 0.15) is 12.5 Å². The van der Waals surface area contributed by atoms with Crippen LogP contribution in [0.4, 0.5) is 0 Å². The second-order valence-electron chi connectivity index (χ2n) is 4.96. The third-order valence-electron chi connectivity index (χ3n) is 2.48. The molecule has 0 bridgehead atoms. The highest BCUT2D eigenvalue weighted by atomic mass is 28.3. The Hall–Kier alpha value is -1.35. The van der Waals surface area contributed by atoms with Gasteiger partial charge in [-0.15, -0.1) is 0 Å². The van der Waals surface area contributed by atoms with Crippen LogP contribution in [0.3, 0.4) is 0 Å². The summed E-state index contributed by atoms with van der Waals surface area (Å²) in [7, 11) is -1.23. The van der Waals surface area contributed by atoms with E-state index in [1.165, 1.54) is 11.3 Å². The molecule has 1 rings (SSSR count). The Bertz CT molecular complexity index is 399. The highest BCUT2D eigenvalue weighted by Gasteiger charge is 2.15. The van der Waals surface area contributed by atoms with Crippen molar-refractivity contribution in [3.8, 4) is 0 Å². The molecule has 3 heteroatoms. The van der Waals surface area contributed by atoms with Crippen LogP contribution in [0.5, 0.6) is 0 Å². The van der Waals surface area contributed by atoms with E-state index in [0.717, 1.165) is 5.56 Å². The lowest BCUT2D eigenvalue weighted by molar-refractivity contribution is -0.137. The molecule has 0 heterocycles. The van der Waals surface area contributed by atoms with E-state index in [1.807, 2.05) is 12.1 Å². The normalized spacial score (nSPS) is 11.8. The number of carbonyl (C=O) groups excluding carboxylic acids is 1. The first-order valence-corrected chi connectivity index (χ1v) is 9.39. The molecule has 0 saturated heterocycles. The summed E-state index contributed by atoms with van der Waals surface area (Å²) in [5, 5.41) is 1.42. The van der Waals surface area contributed by atoms with Gasteiger partial charge in [0.1, 0.15) is 0 Å². The van der Waals surface area contributed by atoms with Crippen molar-refractivity contribution >= 4 is 25.3 Å². The Morgan fingerprint density at radius 2 is 1.82 bits per heavy atom. The lowest BCUT2D eigenvalue weighted by Gasteiger charge is -2.16. The standard InChI is InChI=1S/C14H20O2Si/c1-5-16-14(15)11-8-12-6-9-13(10-7-12)17(2,3)4/h6-11H,5H2,1-4H3/b11-8+. The lowest BCUT2D eigenvalue weighted by atomic mass is 10.2. The Balaban J connectivity index is 2.72. The highest BCUT2D eigenvalue weighted by Crippen LogP contribution is 2.06. The summed E-state index contributed by atoms with van der Waals surface area (Å²) in [6.45, 7) is 9.16. The minimum atomic E-state index is -1.23. The minimum Gasteiger partial charge on any atom is -0.463 e. The molecule has 0 amide bonds. The lowest BCUT2D eigenvalue weighted by Crippen LogP contribution is -2.37. The molecule has 1 aromatic carbocycles. The predicted octanol–water partition coefficient (Wildman–Crippen LogP) is 2.81. The van der Waals surface area contributed by atoms with Gasteiger partial charge in [-0.05, 0) is 18.6 Å². The van der Waals surface area contributed by atoms with Crippen molar-refractivity contribution in [2.75, 3.05) is 6.61 Å². The first-order valence-electron chi connectivity index (χ1n) is 5.89. The summed E-state index contributed by atoms with van der Waals surface area (Å²) in [6, 6.07) is 8.39. The van der Waals surface area contributed by atoms with Gasteiger partial charge in [-0.25, -0.2) is 4.79 Å². The summed E-state index contributed by atoms with van der Waals surface area (Å²) < 4.78 is 4.82. The molecule has 0 radical (unpaired) electrons. The fourth-order valence-corrected chi connectivity index (χ4v) is 2.62. The van der Waals surface area contributed by atoms with Crippen LogP contribution in [-0.2, 0) is 9.53 Å². The third kappa shape index (κ3) is 4.57. The molecule has 0 aromatic heterocycles. The monoisotopic (exact) mass is 248 g/mol. The average Bonchev–Trinajstić information content (AvgIpc) is 2.26. The van der Waals surface area contributed by atoms with Crippen molar-refractivity contribution in [3.63, 3.8) is 0 Å². The molecule has 0 saturated carbocycles. The van der Waals surface area contributed by atoms with Crippen LogP contribution in [0.15, 0.2) is 30.3 Å². The van der Waals surface area contributed by atoms with Gasteiger partial charge in [0, 0.05) is 6.08 Å². The average molecular weight is 248 g/mol. The molecule has 0 aliphatic heterocycles. The Morgan fingerprint density at radius 1 is 1.24 bits per heavy atom. The smallest absolute Gasteiger partial charge is 0.330 e. The van der Waals surface area contributed by atoms with Gasteiger partial charge in [0.05, 0.1) is 14.7 Å². The number of rotatable bonds is 4. The first kappa shape index (κ1) is 13.7. The second-order valence-corrected chi connectivity index (χ2v) is 10.0. The molecule has 92 valence electrons. The Morgan fingerprint density at radius 3 is 2.29 bits per heavy atom. The zero-order chi connectivity index (χ0) is 12.9. The maximum Gasteiger partial charge on any atom is 0.330 e. The molecule has 0 atom stereocenters. The molecule has 1 aromatic rings. The van der Waals surface area contributed by atoms with Crippen molar-refractivity contribution < 1.29 is 9.53 Å². The number of hydrogen-bond acceptors (Lipinski definition) is 2. The van der Waals surface area contributed by atoms with E-state index in [2.05, 4.69) is 31.8 Å². The highest BCUT2D eigenvalue weighted by molar-refractivity contribution is 6.88. The van der Waals surface area contributed by atoms with Crippen LogP contribution < -0.4 is 5.19 Å². The number of carbonyl (C=O) groups is 1. The third-order valence-corrected chi connectivity index (χ3v) is 4.54. The molecule has 0 aliphatic carbocycles. The molecular formula is C14H20O2Si. The molecule has 0 aliphatic rings. The van der Waals surface area contributed by atoms with Gasteiger partial charge in [0.2, 0.25) is 0 Å². The summed E-state index contributed by atoms with van der Waals surface area (Å²) in [6.07, 6.45) is 3.25. The zero-order valence-corrected chi connectivity index (χ0v) is 12.0. The summed E-state index contributed by atoms with van der Waals surface area (Å²) in [5.41, 5.74) is 1.03. The maximum absolute atomic E-state index is 11.1. The van der Waals surface area contributed by atoms with E-state index in [9.17, 15) is 4.79 Å². The second kappa shape index (κ2) is 5.82. The topological polar surface area (TPSA) is 26.3 Å². The van der Waals surface area contributed by atoms with Gasteiger partial charge < -0.3 is 4.74 Å². The summed E-state index contributed by atoms with van der Waals surface area (Å²) >= 11 is 0. The van der Waals surface area contributed by atoms with E-state index in [0.29, 0.717) is 6.61 Å². The fraction of sp³-hybridized carbons (Fsp3) is 0.357. The SMILES string of the molecule is CCOC(=O)/C=C/c1ccc([Si](C)(C)C)cc1. The minimum absolute atomic E-state index is 0.290. The van der Waals surface area contributed by atoms with Gasteiger partial charge in [-0.1, -0.05) is 49.1 Å². The molecule has 0 fully saturated rings. The van der Waals surface area contributed by atoms with E-state index in [4.69, 9.17) is 4.74 Å². The summed E-state index contributed by atoms with van der Waals surface area (Å²) in [5.74, 6) is -0.290. The van der Waals surface area contributed by atoms with Gasteiger partial charge in [-0.3, -0.25) is 0 Å². The molecule has 17 heavy (non-hydrogen) atoms. The van der Waals surface area contributed by atoms with Gasteiger partial charge in [-0.2, -0.15) is 0 Å². The molecular weight excluding hydrogens is 228 g/mol. The van der Waals surface area contributed by atoms with Crippen molar-refractivity contribution in [1.82, 2.24) is 0 Å². The number of ether oxygens (including phenoxy) is 1. The molecule has 0 unspecified atom stereocenters.